The van der Waals surface area contributed by atoms with Gasteiger partial charge in [-0.3, -0.25) is 10.1 Å². The molecule has 168 valence electrons. The normalized spacial score (nSPS) is 11.5. The van der Waals surface area contributed by atoms with E-state index in [4.69, 9.17) is 4.42 Å². The Morgan fingerprint density at radius 2 is 1.73 bits per heavy atom. The van der Waals surface area contributed by atoms with Gasteiger partial charge in [0.05, 0.1) is 4.90 Å². The average Bonchev–Trinajstić information content (AvgIpc) is 3.28. The molecule has 1 amide bonds. The van der Waals surface area contributed by atoms with Crippen LogP contribution in [0.4, 0.5) is 10.4 Å². The van der Waals surface area contributed by atoms with Gasteiger partial charge in [-0.25, -0.2) is 12.8 Å². The molecule has 0 unspecified atom stereocenters. The highest BCUT2D eigenvalue weighted by molar-refractivity contribution is 7.89. The maximum Gasteiger partial charge on any atom is 0.322 e. The number of benzene rings is 3. The van der Waals surface area contributed by atoms with Gasteiger partial charge >= 0.3 is 6.01 Å². The number of amides is 1. The first-order chi connectivity index (χ1) is 15.8. The minimum absolute atomic E-state index is 0.0488. The maximum absolute atomic E-state index is 13.4. The van der Waals surface area contributed by atoms with Crippen molar-refractivity contribution in [3.63, 3.8) is 0 Å². The monoisotopic (exact) mass is 466 g/mol. The Bertz CT molecular complexity index is 1370. The fourth-order valence-corrected chi connectivity index (χ4v) is 4.22. The molecule has 1 aromatic heterocycles. The molecule has 0 spiro atoms. The van der Waals surface area contributed by atoms with E-state index in [0.29, 0.717) is 5.56 Å². The first-order valence-corrected chi connectivity index (χ1v) is 11.3. The summed E-state index contributed by atoms with van der Waals surface area (Å²) in [5.41, 5.74) is 1.43. The van der Waals surface area contributed by atoms with E-state index in [0.717, 1.165) is 5.56 Å². The molecule has 1 N–H and O–H groups in total. The molecule has 0 atom stereocenters. The number of anilines is 1. The third kappa shape index (κ3) is 5.13. The fourth-order valence-electron chi connectivity index (χ4n) is 3.06. The minimum atomic E-state index is -3.74. The predicted octanol–water partition coefficient (Wildman–Crippen LogP) is 3.95. The molecule has 0 aliphatic carbocycles. The van der Waals surface area contributed by atoms with Crippen LogP contribution in [0.1, 0.15) is 15.9 Å². The Morgan fingerprint density at radius 1 is 1.00 bits per heavy atom. The first kappa shape index (κ1) is 22.3. The Morgan fingerprint density at radius 3 is 2.42 bits per heavy atom. The Hall–Kier alpha value is -3.89. The van der Waals surface area contributed by atoms with E-state index >= 15 is 0 Å². The van der Waals surface area contributed by atoms with Gasteiger partial charge in [-0.1, -0.05) is 41.5 Å². The molecule has 0 saturated carbocycles. The van der Waals surface area contributed by atoms with Gasteiger partial charge in [-0.05, 0) is 48.0 Å². The highest BCUT2D eigenvalue weighted by atomic mass is 32.2. The van der Waals surface area contributed by atoms with E-state index in [1.807, 2.05) is 30.3 Å². The van der Waals surface area contributed by atoms with Crippen LogP contribution in [0.3, 0.4) is 0 Å². The second-order valence-corrected chi connectivity index (χ2v) is 9.19. The molecule has 4 aromatic rings. The Kier molecular flexibility index (Phi) is 6.29. The van der Waals surface area contributed by atoms with Crippen LogP contribution in [0.5, 0.6) is 0 Å². The van der Waals surface area contributed by atoms with Crippen molar-refractivity contribution in [1.29, 1.82) is 0 Å². The van der Waals surface area contributed by atoms with Crippen LogP contribution < -0.4 is 5.32 Å². The molecule has 4 rings (SSSR count). The lowest BCUT2D eigenvalue weighted by atomic mass is 10.2. The molecule has 8 nitrogen and oxygen atoms in total. The van der Waals surface area contributed by atoms with Gasteiger partial charge in [0, 0.05) is 24.7 Å². The van der Waals surface area contributed by atoms with Crippen molar-refractivity contribution >= 4 is 21.9 Å². The molecule has 3 aromatic carbocycles. The van der Waals surface area contributed by atoms with Crippen LogP contribution in [0.2, 0.25) is 0 Å². The Labute approximate surface area is 189 Å². The molecule has 1 heterocycles. The van der Waals surface area contributed by atoms with E-state index in [1.54, 1.807) is 6.07 Å². The molecule has 0 fully saturated rings. The zero-order valence-corrected chi connectivity index (χ0v) is 18.3. The van der Waals surface area contributed by atoms with Crippen molar-refractivity contribution < 1.29 is 22.0 Å². The first-order valence-electron chi connectivity index (χ1n) is 9.84. The largest absolute Gasteiger partial charge is 0.403 e. The maximum atomic E-state index is 13.4. The molecule has 0 aliphatic rings. The highest BCUT2D eigenvalue weighted by Crippen LogP contribution is 2.21. The summed E-state index contributed by atoms with van der Waals surface area (Å²) in [5.74, 6) is -0.973. The topological polar surface area (TPSA) is 105 Å². The van der Waals surface area contributed by atoms with Gasteiger partial charge in [-0.2, -0.15) is 4.31 Å². The van der Waals surface area contributed by atoms with Gasteiger partial charge in [0.15, 0.2) is 0 Å². The number of halogens is 1. The number of nitrogens with one attached hydrogen (secondary N) is 1. The van der Waals surface area contributed by atoms with E-state index in [-0.39, 0.29) is 28.9 Å². The van der Waals surface area contributed by atoms with E-state index in [2.05, 4.69) is 15.5 Å². The molecular formula is C23H19FN4O4S. The van der Waals surface area contributed by atoms with Crippen molar-refractivity contribution in [2.45, 2.75) is 11.4 Å². The van der Waals surface area contributed by atoms with Gasteiger partial charge in [0.25, 0.3) is 5.91 Å². The summed E-state index contributed by atoms with van der Waals surface area (Å²) in [6.45, 7) is 0.218. The van der Waals surface area contributed by atoms with Gasteiger partial charge in [-0.15, -0.1) is 5.10 Å². The number of hydrogen-bond acceptors (Lipinski definition) is 6. The molecule has 0 bridgehead atoms. The van der Waals surface area contributed by atoms with Gasteiger partial charge < -0.3 is 4.42 Å². The zero-order chi connectivity index (χ0) is 23.4. The third-order valence-electron chi connectivity index (χ3n) is 4.79. The van der Waals surface area contributed by atoms with Crippen LogP contribution in [-0.4, -0.2) is 35.9 Å². The lowest BCUT2D eigenvalue weighted by molar-refractivity contribution is 0.102. The molecule has 0 saturated heterocycles. The van der Waals surface area contributed by atoms with Crippen molar-refractivity contribution in [3.8, 4) is 11.5 Å². The van der Waals surface area contributed by atoms with Crippen LogP contribution in [0.15, 0.2) is 88.2 Å². The van der Waals surface area contributed by atoms with Crippen molar-refractivity contribution in [2.75, 3.05) is 12.4 Å². The molecule has 0 radical (unpaired) electrons. The molecule has 10 heteroatoms. The summed E-state index contributed by atoms with van der Waals surface area (Å²) in [4.78, 5) is 12.6. The number of aromatic nitrogens is 2. The third-order valence-corrected chi connectivity index (χ3v) is 6.61. The fraction of sp³-hybridized carbons (Fsp3) is 0.0870. The SMILES string of the molecule is CN(Cc1ccccc1)S(=O)(=O)c1ccc(C(=O)Nc2nnc(-c3cccc(F)c3)o2)cc1. The molecule has 33 heavy (non-hydrogen) atoms. The lowest BCUT2D eigenvalue weighted by Crippen LogP contribution is -2.26. The predicted molar refractivity (Wildman–Crippen MR) is 119 cm³/mol. The average molecular weight is 466 g/mol. The van der Waals surface area contributed by atoms with Crippen LogP contribution >= 0.6 is 0 Å². The number of carbonyl (C=O) groups is 1. The second kappa shape index (κ2) is 9.31. The molecule has 0 aliphatic heterocycles. The van der Waals surface area contributed by atoms with Crippen LogP contribution in [-0.2, 0) is 16.6 Å². The number of rotatable bonds is 7. The van der Waals surface area contributed by atoms with Crippen LogP contribution in [0, 0.1) is 5.82 Å². The summed E-state index contributed by atoms with van der Waals surface area (Å²) < 4.78 is 45.6. The number of hydrogen-bond donors (Lipinski definition) is 1. The van der Waals surface area contributed by atoms with Gasteiger partial charge in [0.2, 0.25) is 15.9 Å². The number of carbonyl (C=O) groups excluding carboxylic acids is 1. The summed E-state index contributed by atoms with van der Waals surface area (Å²) in [6, 6.07) is 20.2. The van der Waals surface area contributed by atoms with Crippen LogP contribution in [0.25, 0.3) is 11.5 Å². The van der Waals surface area contributed by atoms with Crippen molar-refractivity contribution in [3.05, 3.63) is 95.8 Å². The summed E-state index contributed by atoms with van der Waals surface area (Å²) in [5, 5.41) is 9.97. The van der Waals surface area contributed by atoms with Crippen molar-refractivity contribution in [2.24, 2.45) is 0 Å². The smallest absolute Gasteiger partial charge is 0.322 e. The summed E-state index contributed by atoms with van der Waals surface area (Å²) in [6.07, 6.45) is 0. The standard InChI is InChI=1S/C23H19FN4O4S/c1-28(15-16-6-3-2-4-7-16)33(30,31)20-12-10-17(11-13-20)21(29)25-23-27-26-22(32-23)18-8-5-9-19(24)14-18/h2-14H,15H2,1H3,(H,25,27,29). The second-order valence-electron chi connectivity index (χ2n) is 7.15. The highest BCUT2D eigenvalue weighted by Gasteiger charge is 2.21. The van der Waals surface area contributed by atoms with Gasteiger partial charge in [0.1, 0.15) is 5.82 Å². The quantitative estimate of drug-likeness (QED) is 0.442. The summed E-state index contributed by atoms with van der Waals surface area (Å²) in [7, 11) is -2.24. The molecular weight excluding hydrogens is 447 g/mol. The summed E-state index contributed by atoms with van der Waals surface area (Å²) >= 11 is 0. The van der Waals surface area contributed by atoms with Crippen molar-refractivity contribution in [1.82, 2.24) is 14.5 Å². The lowest BCUT2D eigenvalue weighted by Gasteiger charge is -2.17. The van der Waals surface area contributed by atoms with E-state index < -0.39 is 21.7 Å². The number of nitrogens with zero attached hydrogens (tertiary/aromatic N) is 3. The van der Waals surface area contributed by atoms with E-state index in [1.165, 1.54) is 53.8 Å². The Balaban J connectivity index is 1.44. The zero-order valence-electron chi connectivity index (χ0n) is 17.5. The number of sulfonamides is 1. The van der Waals surface area contributed by atoms with E-state index in [9.17, 15) is 17.6 Å². The minimum Gasteiger partial charge on any atom is -0.403 e.